The summed E-state index contributed by atoms with van der Waals surface area (Å²) in [5.41, 5.74) is -2.62. The van der Waals surface area contributed by atoms with Gasteiger partial charge in [0.1, 0.15) is 0 Å². The fourth-order valence-electron chi connectivity index (χ4n) is 5.19. The normalized spacial score (nSPS) is 21.0. The maximum Gasteiger partial charge on any atom is 0.416 e. The molecule has 2 aliphatic rings. The maximum atomic E-state index is 13.2. The molecule has 1 aliphatic heterocycles. The molecule has 3 nitrogen and oxygen atoms in total. The fourth-order valence-corrected chi connectivity index (χ4v) is 5.19. The zero-order valence-electron chi connectivity index (χ0n) is 18.4. The lowest BCUT2D eigenvalue weighted by Gasteiger charge is -2.46. The van der Waals surface area contributed by atoms with Crippen LogP contribution in [-0.4, -0.2) is 30.2 Å². The highest BCUT2D eigenvalue weighted by atomic mass is 19.4. The van der Waals surface area contributed by atoms with E-state index in [9.17, 15) is 31.4 Å². The van der Waals surface area contributed by atoms with E-state index in [0.29, 0.717) is 38.9 Å². The lowest BCUT2D eigenvalue weighted by molar-refractivity contribution is -0.191. The van der Waals surface area contributed by atoms with Crippen molar-refractivity contribution in [3.63, 3.8) is 0 Å². The van der Waals surface area contributed by atoms with Crippen molar-refractivity contribution in [1.82, 2.24) is 0 Å². The van der Waals surface area contributed by atoms with Crippen molar-refractivity contribution >= 4 is 0 Å². The molecule has 0 aromatic heterocycles. The highest BCUT2D eigenvalue weighted by Gasteiger charge is 2.50. The van der Waals surface area contributed by atoms with E-state index in [1.54, 1.807) is 0 Å². The van der Waals surface area contributed by atoms with Crippen LogP contribution in [0.2, 0.25) is 0 Å². The smallest absolute Gasteiger partial charge is 0.392 e. The molecule has 0 unspecified atom stereocenters. The van der Waals surface area contributed by atoms with Gasteiger partial charge in [0.2, 0.25) is 0 Å². The van der Waals surface area contributed by atoms with E-state index in [0.717, 1.165) is 17.7 Å². The summed E-state index contributed by atoms with van der Waals surface area (Å²) in [6, 6.07) is 10.9. The average molecular weight is 488 g/mol. The number of aryl methyl sites for hydroxylation is 1. The molecule has 1 N–H and O–H groups in total. The zero-order chi connectivity index (χ0) is 24.6. The number of benzene rings is 2. The number of rotatable bonds is 5. The molecule has 1 aliphatic carbocycles. The second kappa shape index (κ2) is 9.17. The van der Waals surface area contributed by atoms with Gasteiger partial charge in [0.05, 0.1) is 30.4 Å². The molecule has 34 heavy (non-hydrogen) atoms. The van der Waals surface area contributed by atoms with E-state index in [-0.39, 0.29) is 24.5 Å². The number of hydrogen-bond donors (Lipinski definition) is 1. The van der Waals surface area contributed by atoms with Gasteiger partial charge in [-0.15, -0.1) is 0 Å². The largest absolute Gasteiger partial charge is 0.416 e. The van der Waals surface area contributed by atoms with E-state index in [1.807, 2.05) is 30.3 Å². The summed E-state index contributed by atoms with van der Waals surface area (Å²) in [4.78, 5) is 0. The van der Waals surface area contributed by atoms with Gasteiger partial charge in [0.25, 0.3) is 0 Å². The summed E-state index contributed by atoms with van der Waals surface area (Å²) in [5, 5.41) is 11.3. The van der Waals surface area contributed by atoms with Gasteiger partial charge in [-0.1, -0.05) is 30.3 Å². The number of halogens is 6. The molecule has 2 fully saturated rings. The molecule has 9 heteroatoms. The van der Waals surface area contributed by atoms with Crippen LogP contribution in [0.5, 0.6) is 0 Å². The van der Waals surface area contributed by atoms with E-state index in [1.165, 1.54) is 0 Å². The van der Waals surface area contributed by atoms with Gasteiger partial charge in [-0.25, -0.2) is 0 Å². The van der Waals surface area contributed by atoms with Crippen molar-refractivity contribution in [2.45, 2.75) is 68.2 Å². The topological polar surface area (TPSA) is 38.7 Å². The lowest BCUT2D eigenvalue weighted by Crippen LogP contribution is -2.48. The quantitative estimate of drug-likeness (QED) is 0.504. The minimum atomic E-state index is -4.90. The number of ether oxygens (including phenoxy) is 2. The van der Waals surface area contributed by atoms with Gasteiger partial charge in [-0.2, -0.15) is 26.3 Å². The Balaban J connectivity index is 1.58. The van der Waals surface area contributed by atoms with Crippen LogP contribution in [0, 0.1) is 0 Å². The van der Waals surface area contributed by atoms with Crippen molar-refractivity contribution in [1.29, 1.82) is 0 Å². The molecule has 1 atom stereocenters. The third-order valence-electron chi connectivity index (χ3n) is 7.06. The molecule has 2 aromatic carbocycles. The van der Waals surface area contributed by atoms with E-state index in [2.05, 4.69) is 0 Å². The van der Waals surface area contributed by atoms with E-state index in [4.69, 9.17) is 9.47 Å². The van der Waals surface area contributed by atoms with Crippen LogP contribution in [0.4, 0.5) is 26.3 Å². The average Bonchev–Trinajstić information content (AvgIpc) is 3.25. The Kier molecular flexibility index (Phi) is 6.74. The van der Waals surface area contributed by atoms with Crippen LogP contribution in [0.3, 0.4) is 0 Å². The third kappa shape index (κ3) is 5.11. The summed E-state index contributed by atoms with van der Waals surface area (Å²) < 4.78 is 90.9. The Labute approximate surface area is 193 Å². The first-order valence-electron chi connectivity index (χ1n) is 11.2. The summed E-state index contributed by atoms with van der Waals surface area (Å²) in [6.45, 7) is 0.996. The van der Waals surface area contributed by atoms with Crippen LogP contribution in [0.1, 0.15) is 54.4 Å². The Morgan fingerprint density at radius 1 is 0.794 bits per heavy atom. The van der Waals surface area contributed by atoms with Crippen LogP contribution < -0.4 is 0 Å². The minimum absolute atomic E-state index is 0.0161. The minimum Gasteiger partial charge on any atom is -0.392 e. The molecular formula is C25H26F6O3. The number of aliphatic hydroxyl groups is 1. The van der Waals surface area contributed by atoms with Gasteiger partial charge in [0.15, 0.2) is 5.79 Å². The second-order valence-electron chi connectivity index (χ2n) is 9.10. The van der Waals surface area contributed by atoms with Gasteiger partial charge in [0, 0.05) is 18.3 Å². The van der Waals surface area contributed by atoms with E-state index < -0.39 is 40.8 Å². The van der Waals surface area contributed by atoms with Gasteiger partial charge in [-0.3, -0.25) is 0 Å². The molecule has 0 bridgehead atoms. The van der Waals surface area contributed by atoms with E-state index >= 15 is 0 Å². The van der Waals surface area contributed by atoms with Crippen molar-refractivity contribution < 1.29 is 40.9 Å². The summed E-state index contributed by atoms with van der Waals surface area (Å²) in [5.74, 6) is -0.680. The Morgan fingerprint density at radius 2 is 1.32 bits per heavy atom. The number of hydrogen-bond acceptors (Lipinski definition) is 3. The molecule has 1 spiro atoms. The highest BCUT2D eigenvalue weighted by Crippen LogP contribution is 2.49. The Morgan fingerprint density at radius 3 is 1.82 bits per heavy atom. The molecule has 4 rings (SSSR count). The number of alkyl halides is 6. The fraction of sp³-hybridized carbons (Fsp3) is 0.520. The highest BCUT2D eigenvalue weighted by molar-refractivity contribution is 5.34. The Bertz CT molecular complexity index is 938. The van der Waals surface area contributed by atoms with Gasteiger partial charge >= 0.3 is 12.4 Å². The predicted molar refractivity (Wildman–Crippen MR) is 112 cm³/mol. The molecule has 0 amide bonds. The molecule has 1 heterocycles. The first-order valence-corrected chi connectivity index (χ1v) is 11.2. The van der Waals surface area contributed by atoms with Crippen LogP contribution >= 0.6 is 0 Å². The molecule has 1 saturated carbocycles. The monoisotopic (exact) mass is 488 g/mol. The second-order valence-corrected chi connectivity index (χ2v) is 9.10. The zero-order valence-corrected chi connectivity index (χ0v) is 18.4. The molecule has 186 valence electrons. The maximum absolute atomic E-state index is 13.2. The number of aliphatic hydroxyl groups excluding tert-OH is 1. The third-order valence-corrected chi connectivity index (χ3v) is 7.06. The predicted octanol–water partition coefficient (Wildman–Crippen LogP) is 6.27. The summed E-state index contributed by atoms with van der Waals surface area (Å²) >= 11 is 0. The van der Waals surface area contributed by atoms with Crippen molar-refractivity contribution in [2.24, 2.45) is 0 Å². The SMILES string of the molecule is O[C@@H](CCc1cc(C(F)(F)F)cc(C(F)(F)F)c1)C1(c2ccccc2)CCC2(CC1)OCCO2. The first-order chi connectivity index (χ1) is 15.9. The van der Waals surface area contributed by atoms with Crippen molar-refractivity contribution in [3.8, 4) is 0 Å². The Hall–Kier alpha value is -2.10. The molecular weight excluding hydrogens is 462 g/mol. The lowest BCUT2D eigenvalue weighted by atomic mass is 9.63. The van der Waals surface area contributed by atoms with Gasteiger partial charge < -0.3 is 14.6 Å². The summed E-state index contributed by atoms with van der Waals surface area (Å²) in [7, 11) is 0. The molecule has 1 saturated heterocycles. The van der Waals surface area contributed by atoms with Crippen LogP contribution in [-0.2, 0) is 33.7 Å². The summed E-state index contributed by atoms with van der Waals surface area (Å²) in [6.07, 6.45) is -8.76. The molecule has 0 radical (unpaired) electrons. The van der Waals surface area contributed by atoms with Crippen molar-refractivity contribution in [2.75, 3.05) is 13.2 Å². The standard InChI is InChI=1S/C25H26F6O3/c26-24(27,28)19-14-17(15-20(16-19)25(29,30)31)6-7-21(32)22(18-4-2-1-3-5-18)8-10-23(11-9-22)33-12-13-34-23/h1-5,14-16,21,32H,6-13H2/t21-/m0/s1. The van der Waals surface area contributed by atoms with Gasteiger partial charge in [-0.05, 0) is 55.0 Å². The molecule has 2 aromatic rings. The first kappa shape index (κ1) is 25.0. The van der Waals surface area contributed by atoms with Crippen LogP contribution in [0.15, 0.2) is 48.5 Å². The van der Waals surface area contributed by atoms with Crippen molar-refractivity contribution in [3.05, 3.63) is 70.8 Å². The van der Waals surface area contributed by atoms with Crippen LogP contribution in [0.25, 0.3) is 0 Å².